The Morgan fingerprint density at radius 1 is 1.24 bits per heavy atom. The summed E-state index contributed by atoms with van der Waals surface area (Å²) in [5.74, 6) is 0. The number of rotatable bonds is 4. The molecule has 0 bridgehead atoms. The molecule has 0 amide bonds. The monoisotopic (exact) mass is 308 g/mol. The molecule has 0 atom stereocenters. The van der Waals surface area contributed by atoms with Crippen LogP contribution in [-0.2, 0) is 4.74 Å². The highest BCUT2D eigenvalue weighted by Crippen LogP contribution is 2.08. The van der Waals surface area contributed by atoms with Crippen LogP contribution in [0.1, 0.15) is 19.4 Å². The number of aryl methyl sites for hydroxylation is 1. The highest BCUT2D eigenvalue weighted by atomic mass is 32.1. The first kappa shape index (κ1) is 16.2. The Balaban J connectivity index is 1.81. The van der Waals surface area contributed by atoms with E-state index in [1.807, 2.05) is 12.1 Å². The van der Waals surface area contributed by atoms with E-state index in [1.165, 1.54) is 5.56 Å². The van der Waals surface area contributed by atoms with Gasteiger partial charge in [0.2, 0.25) is 0 Å². The van der Waals surface area contributed by atoms with Gasteiger partial charge in [-0.3, -0.25) is 0 Å². The van der Waals surface area contributed by atoms with Crippen molar-refractivity contribution in [2.45, 2.75) is 26.3 Å². The van der Waals surface area contributed by atoms with Crippen molar-refractivity contribution in [3.8, 4) is 0 Å². The van der Waals surface area contributed by atoms with Crippen molar-refractivity contribution in [1.82, 2.24) is 5.32 Å². The van der Waals surface area contributed by atoms with Gasteiger partial charge in [0.05, 0.1) is 19.8 Å². The number of nitrogens with one attached hydrogen (secondary N) is 3. The second-order valence-electron chi connectivity index (χ2n) is 6.27. The normalized spacial score (nSPS) is 16.5. The van der Waals surface area contributed by atoms with Crippen molar-refractivity contribution >= 4 is 23.0 Å². The number of morpholine rings is 1. The van der Waals surface area contributed by atoms with Gasteiger partial charge in [0.15, 0.2) is 5.11 Å². The van der Waals surface area contributed by atoms with Gasteiger partial charge in [0, 0.05) is 5.69 Å². The van der Waals surface area contributed by atoms with E-state index in [0.717, 1.165) is 38.5 Å². The zero-order valence-electron chi connectivity index (χ0n) is 13.2. The van der Waals surface area contributed by atoms with Gasteiger partial charge in [-0.25, -0.2) is 0 Å². The van der Waals surface area contributed by atoms with Crippen LogP contribution in [0.25, 0.3) is 0 Å². The second kappa shape index (κ2) is 7.20. The summed E-state index contributed by atoms with van der Waals surface area (Å²) in [6.07, 6.45) is 0. The number of anilines is 1. The Hall–Kier alpha value is -1.17. The molecule has 1 heterocycles. The fourth-order valence-corrected chi connectivity index (χ4v) is 2.72. The van der Waals surface area contributed by atoms with E-state index < -0.39 is 0 Å². The smallest absolute Gasteiger partial charge is 0.171 e. The Morgan fingerprint density at radius 3 is 2.48 bits per heavy atom. The maximum absolute atomic E-state index is 5.43. The second-order valence-corrected chi connectivity index (χ2v) is 6.68. The maximum atomic E-state index is 5.43. The molecule has 0 spiro atoms. The zero-order valence-corrected chi connectivity index (χ0v) is 14.0. The number of benzene rings is 1. The number of thiocarbonyl (C=S) groups is 1. The van der Waals surface area contributed by atoms with Crippen molar-refractivity contribution in [2.75, 3.05) is 38.2 Å². The first-order valence-electron chi connectivity index (χ1n) is 7.52. The van der Waals surface area contributed by atoms with Crippen LogP contribution in [-0.4, -0.2) is 43.5 Å². The van der Waals surface area contributed by atoms with Gasteiger partial charge >= 0.3 is 0 Å². The quantitative estimate of drug-likeness (QED) is 0.725. The van der Waals surface area contributed by atoms with Crippen LogP contribution in [0.15, 0.2) is 24.3 Å². The van der Waals surface area contributed by atoms with E-state index in [-0.39, 0.29) is 5.54 Å². The van der Waals surface area contributed by atoms with Crippen molar-refractivity contribution in [2.24, 2.45) is 0 Å². The van der Waals surface area contributed by atoms with Crippen LogP contribution in [0.2, 0.25) is 0 Å². The van der Waals surface area contributed by atoms with Crippen LogP contribution < -0.4 is 15.5 Å². The lowest BCUT2D eigenvalue weighted by molar-refractivity contribution is -0.954. The third-order valence-corrected chi connectivity index (χ3v) is 4.30. The van der Waals surface area contributed by atoms with Crippen molar-refractivity contribution < 1.29 is 9.64 Å². The molecule has 1 aliphatic heterocycles. The highest BCUT2D eigenvalue weighted by molar-refractivity contribution is 7.80. The molecule has 4 nitrogen and oxygen atoms in total. The number of ether oxygens (including phenoxy) is 1. The molecule has 1 fully saturated rings. The van der Waals surface area contributed by atoms with Gasteiger partial charge in [-0.05, 0) is 45.1 Å². The van der Waals surface area contributed by atoms with Crippen LogP contribution >= 0.6 is 12.2 Å². The van der Waals surface area contributed by atoms with E-state index >= 15 is 0 Å². The first-order valence-corrected chi connectivity index (χ1v) is 7.93. The van der Waals surface area contributed by atoms with Gasteiger partial charge in [-0.2, -0.15) is 0 Å². The van der Waals surface area contributed by atoms with Gasteiger partial charge < -0.3 is 20.3 Å². The van der Waals surface area contributed by atoms with Crippen molar-refractivity contribution in [3.63, 3.8) is 0 Å². The molecule has 0 aliphatic carbocycles. The van der Waals surface area contributed by atoms with E-state index in [0.29, 0.717) is 5.11 Å². The molecule has 2 rings (SSSR count). The Kier molecular flexibility index (Phi) is 5.56. The molecule has 0 saturated carbocycles. The third kappa shape index (κ3) is 4.95. The molecule has 5 heteroatoms. The predicted molar refractivity (Wildman–Crippen MR) is 91.0 cm³/mol. The Bertz CT molecular complexity index is 467. The van der Waals surface area contributed by atoms with E-state index in [4.69, 9.17) is 17.0 Å². The van der Waals surface area contributed by atoms with Crippen molar-refractivity contribution in [1.29, 1.82) is 0 Å². The highest BCUT2D eigenvalue weighted by Gasteiger charge is 2.32. The van der Waals surface area contributed by atoms with E-state index in [1.54, 1.807) is 4.90 Å². The largest absolute Gasteiger partial charge is 0.370 e. The molecule has 116 valence electrons. The Morgan fingerprint density at radius 2 is 1.86 bits per heavy atom. The molecular formula is C16H26N3OS+. The summed E-state index contributed by atoms with van der Waals surface area (Å²) in [5, 5.41) is 7.25. The lowest BCUT2D eigenvalue weighted by atomic mass is 10.0. The summed E-state index contributed by atoms with van der Waals surface area (Å²) in [7, 11) is 0. The lowest BCUT2D eigenvalue weighted by Gasteiger charge is -2.37. The lowest BCUT2D eigenvalue weighted by Crippen LogP contribution is -3.22. The fraction of sp³-hybridized carbons (Fsp3) is 0.562. The summed E-state index contributed by atoms with van der Waals surface area (Å²) >= 11 is 5.38. The van der Waals surface area contributed by atoms with Crippen LogP contribution in [0.4, 0.5) is 5.69 Å². The summed E-state index contributed by atoms with van der Waals surface area (Å²) in [6, 6.07) is 8.24. The van der Waals surface area contributed by atoms with E-state index in [2.05, 4.69) is 43.5 Å². The third-order valence-electron chi connectivity index (χ3n) is 4.05. The molecule has 1 saturated heterocycles. The van der Waals surface area contributed by atoms with E-state index in [9.17, 15) is 0 Å². The molecule has 21 heavy (non-hydrogen) atoms. The molecule has 1 aromatic carbocycles. The standard InChI is InChI=1S/C16H25N3OS/c1-13-4-6-14(7-5-13)18-15(21)17-12-16(2,3)19-8-10-20-11-9-19/h4-7H,8-12H2,1-3H3,(H2,17,18,21)/p+1. The van der Waals surface area contributed by atoms with Crippen LogP contribution in [0.3, 0.4) is 0 Å². The summed E-state index contributed by atoms with van der Waals surface area (Å²) < 4.78 is 5.43. The van der Waals surface area contributed by atoms with Crippen LogP contribution in [0.5, 0.6) is 0 Å². The Labute approximate surface area is 132 Å². The summed E-state index contributed by atoms with van der Waals surface area (Å²) in [4.78, 5) is 1.57. The number of hydrogen-bond acceptors (Lipinski definition) is 2. The minimum Gasteiger partial charge on any atom is -0.370 e. The van der Waals surface area contributed by atoms with Gasteiger partial charge in [-0.15, -0.1) is 0 Å². The minimum atomic E-state index is 0.142. The minimum absolute atomic E-state index is 0.142. The SMILES string of the molecule is Cc1ccc(NC(=S)NCC(C)(C)[NH+]2CCOCC2)cc1. The molecule has 0 radical (unpaired) electrons. The molecule has 0 unspecified atom stereocenters. The number of hydrogen-bond donors (Lipinski definition) is 3. The fourth-order valence-electron chi connectivity index (χ4n) is 2.53. The molecule has 3 N–H and O–H groups in total. The molecule has 1 aromatic rings. The average Bonchev–Trinajstić information content (AvgIpc) is 2.49. The zero-order chi connectivity index (χ0) is 15.3. The maximum Gasteiger partial charge on any atom is 0.171 e. The van der Waals surface area contributed by atoms with Gasteiger partial charge in [-0.1, -0.05) is 17.7 Å². The van der Waals surface area contributed by atoms with Crippen molar-refractivity contribution in [3.05, 3.63) is 29.8 Å². The average molecular weight is 308 g/mol. The van der Waals surface area contributed by atoms with Crippen LogP contribution in [0, 0.1) is 6.92 Å². The molecule has 1 aliphatic rings. The molecule has 0 aromatic heterocycles. The van der Waals surface area contributed by atoms with Gasteiger partial charge in [0.1, 0.15) is 18.6 Å². The molecular weight excluding hydrogens is 282 g/mol. The topological polar surface area (TPSA) is 37.7 Å². The summed E-state index contributed by atoms with van der Waals surface area (Å²) in [5.41, 5.74) is 2.41. The predicted octanol–water partition coefficient (Wildman–Crippen LogP) is 0.975. The number of quaternary nitrogens is 1. The first-order chi connectivity index (χ1) is 9.97. The van der Waals surface area contributed by atoms with Gasteiger partial charge in [0.25, 0.3) is 0 Å². The summed E-state index contributed by atoms with van der Waals surface area (Å²) in [6.45, 7) is 11.3.